The van der Waals surface area contributed by atoms with E-state index in [0.29, 0.717) is 28.4 Å². The van der Waals surface area contributed by atoms with Crippen LogP contribution in [0.1, 0.15) is 5.69 Å². The third-order valence-electron chi connectivity index (χ3n) is 6.23. The number of aromatic nitrogens is 9. The lowest BCUT2D eigenvalue weighted by Gasteiger charge is -2.37. The third-order valence-corrected chi connectivity index (χ3v) is 6.23. The van der Waals surface area contributed by atoms with Crippen LogP contribution < -0.4 is 10.6 Å². The highest BCUT2D eigenvalue weighted by Crippen LogP contribution is 2.29. The molecule has 0 bridgehead atoms. The van der Waals surface area contributed by atoms with Gasteiger partial charge in [0.25, 0.3) is 0 Å². The predicted octanol–water partition coefficient (Wildman–Crippen LogP) is 2.60. The summed E-state index contributed by atoms with van der Waals surface area (Å²) in [5, 5.41) is 7.59. The molecule has 1 aromatic carbocycles. The van der Waals surface area contributed by atoms with Gasteiger partial charge in [0.1, 0.15) is 22.5 Å². The van der Waals surface area contributed by atoms with Gasteiger partial charge in [-0.2, -0.15) is 5.10 Å². The zero-order valence-corrected chi connectivity index (χ0v) is 18.8. The fourth-order valence-electron chi connectivity index (χ4n) is 4.43. The summed E-state index contributed by atoms with van der Waals surface area (Å²) in [7, 11) is 0. The number of imidazole rings is 2. The molecule has 0 aliphatic carbocycles. The zero-order chi connectivity index (χ0) is 23.5. The molecule has 5 aromatic heterocycles. The van der Waals surface area contributed by atoms with Crippen LogP contribution in [0.5, 0.6) is 0 Å². The molecule has 1 aliphatic rings. The molecule has 0 amide bonds. The number of nitrogens with two attached hydrogens (primary N) is 1. The second-order valence-corrected chi connectivity index (χ2v) is 8.77. The van der Waals surface area contributed by atoms with Crippen molar-refractivity contribution < 1.29 is 0 Å². The van der Waals surface area contributed by atoms with Crippen molar-refractivity contribution in [3.63, 3.8) is 0 Å². The lowest BCUT2D eigenvalue weighted by Crippen LogP contribution is -2.56. The Hall–Kier alpha value is -4.64. The van der Waals surface area contributed by atoms with Gasteiger partial charge in [0, 0.05) is 25.3 Å². The monoisotopic (exact) mass is 463 g/mol. The quantitative estimate of drug-likeness (QED) is 0.362. The van der Waals surface area contributed by atoms with Gasteiger partial charge in [0.2, 0.25) is 0 Å². The van der Waals surface area contributed by atoms with E-state index in [0.717, 1.165) is 46.8 Å². The molecule has 1 fully saturated rings. The van der Waals surface area contributed by atoms with E-state index < -0.39 is 0 Å². The molecule has 6 aromatic rings. The van der Waals surface area contributed by atoms with Gasteiger partial charge in [-0.15, -0.1) is 0 Å². The van der Waals surface area contributed by atoms with Crippen LogP contribution in [0.2, 0.25) is 0 Å². The number of hydrogen-bond donors (Lipinski definition) is 3. The third kappa shape index (κ3) is 3.24. The normalized spacial score (nSPS) is 14.2. The fraction of sp³-hybridized carbons (Fsp3) is 0.167. The summed E-state index contributed by atoms with van der Waals surface area (Å²) in [5.41, 5.74) is 13.1. The smallest absolute Gasteiger partial charge is 0.161 e. The van der Waals surface area contributed by atoms with E-state index in [-0.39, 0.29) is 6.04 Å². The van der Waals surface area contributed by atoms with Gasteiger partial charge < -0.3 is 20.2 Å². The Morgan fingerprint density at radius 3 is 2.71 bits per heavy atom. The van der Waals surface area contributed by atoms with E-state index in [1.807, 2.05) is 48.0 Å². The Balaban J connectivity index is 1.31. The Bertz CT molecular complexity index is 1700. The van der Waals surface area contributed by atoms with E-state index >= 15 is 0 Å². The molecule has 0 radical (unpaired) electrons. The number of H-pyrrole nitrogens is 2. The van der Waals surface area contributed by atoms with Crippen molar-refractivity contribution in [3.05, 3.63) is 60.9 Å². The number of aromatic amines is 2. The van der Waals surface area contributed by atoms with Crippen LogP contribution >= 0.6 is 0 Å². The van der Waals surface area contributed by atoms with E-state index in [1.54, 1.807) is 18.7 Å². The topological polar surface area (TPSA) is 143 Å². The summed E-state index contributed by atoms with van der Waals surface area (Å²) in [4.78, 5) is 28.7. The van der Waals surface area contributed by atoms with E-state index in [9.17, 15) is 0 Å². The van der Waals surface area contributed by atoms with Gasteiger partial charge in [-0.3, -0.25) is 10.1 Å². The number of pyridine rings is 1. The minimum atomic E-state index is 0.186. The highest BCUT2D eigenvalue weighted by atomic mass is 15.3. The van der Waals surface area contributed by atoms with E-state index in [1.165, 1.54) is 0 Å². The molecular weight excluding hydrogens is 442 g/mol. The van der Waals surface area contributed by atoms with Crippen LogP contribution in [0, 0.1) is 6.92 Å². The van der Waals surface area contributed by atoms with Gasteiger partial charge >= 0.3 is 0 Å². The number of para-hydroxylation sites is 1. The predicted molar refractivity (Wildman–Crippen MR) is 132 cm³/mol. The SMILES string of the molecule is Cc1cn(-c2cccc3[nH]c(-c4n[nH]c5ccc(-c6cncc(N7CC(N)C7)n6)nc45)nc23)cn1. The molecule has 11 nitrogen and oxygen atoms in total. The number of rotatable bonds is 4. The molecule has 11 heteroatoms. The minimum Gasteiger partial charge on any atom is -0.352 e. The average Bonchev–Trinajstić information content (AvgIpc) is 3.59. The maximum absolute atomic E-state index is 5.92. The largest absolute Gasteiger partial charge is 0.352 e. The van der Waals surface area contributed by atoms with Crippen molar-refractivity contribution in [2.75, 3.05) is 18.0 Å². The maximum Gasteiger partial charge on any atom is 0.161 e. The van der Waals surface area contributed by atoms with E-state index in [4.69, 9.17) is 20.7 Å². The van der Waals surface area contributed by atoms with Gasteiger partial charge in [-0.05, 0) is 31.2 Å². The molecule has 1 saturated heterocycles. The van der Waals surface area contributed by atoms with Crippen molar-refractivity contribution in [2.24, 2.45) is 5.73 Å². The molecule has 1 aliphatic heterocycles. The number of benzene rings is 1. The average molecular weight is 464 g/mol. The summed E-state index contributed by atoms with van der Waals surface area (Å²) < 4.78 is 1.97. The lowest BCUT2D eigenvalue weighted by molar-refractivity contribution is 0.514. The summed E-state index contributed by atoms with van der Waals surface area (Å²) in [6.07, 6.45) is 7.24. The van der Waals surface area contributed by atoms with Gasteiger partial charge in [-0.1, -0.05) is 6.07 Å². The molecule has 0 unspecified atom stereocenters. The first kappa shape index (κ1) is 19.8. The minimum absolute atomic E-state index is 0.186. The second-order valence-electron chi connectivity index (χ2n) is 8.77. The van der Waals surface area contributed by atoms with E-state index in [2.05, 4.69) is 30.0 Å². The molecule has 35 heavy (non-hydrogen) atoms. The highest BCUT2D eigenvalue weighted by molar-refractivity contribution is 5.93. The van der Waals surface area contributed by atoms with Crippen molar-refractivity contribution in [3.8, 4) is 28.6 Å². The Kier molecular flexibility index (Phi) is 4.20. The van der Waals surface area contributed by atoms with Crippen LogP contribution in [0.15, 0.2) is 55.2 Å². The summed E-state index contributed by atoms with van der Waals surface area (Å²) in [5.74, 6) is 1.44. The number of hydrogen-bond acceptors (Lipinski definition) is 8. The Morgan fingerprint density at radius 2 is 1.89 bits per heavy atom. The molecule has 4 N–H and O–H groups in total. The summed E-state index contributed by atoms with van der Waals surface area (Å²) in [6, 6.07) is 10.1. The van der Waals surface area contributed by atoms with Gasteiger partial charge in [-0.25, -0.2) is 19.9 Å². The highest BCUT2D eigenvalue weighted by Gasteiger charge is 2.25. The molecular formula is C24H21N11. The summed E-state index contributed by atoms with van der Waals surface area (Å²) in [6.45, 7) is 3.52. The standard InChI is InChI=1S/C24H21N11/c1-13-9-35(12-27-13)19-4-2-3-16-21(19)31-24(30-16)23-22-17(32-33-23)6-5-15(29-22)18-7-26-8-20(28-18)34-10-14(25)11-34/h2-9,12,14H,10-11,25H2,1H3,(H,30,31)(H,32,33). The first-order valence-corrected chi connectivity index (χ1v) is 11.3. The van der Waals surface area contributed by atoms with Crippen LogP contribution in [0.4, 0.5) is 5.82 Å². The van der Waals surface area contributed by atoms with Gasteiger partial charge in [0.15, 0.2) is 11.5 Å². The van der Waals surface area contributed by atoms with Crippen LogP contribution in [-0.4, -0.2) is 63.8 Å². The first-order valence-electron chi connectivity index (χ1n) is 11.3. The van der Waals surface area contributed by atoms with Crippen molar-refractivity contribution in [1.82, 2.24) is 44.7 Å². The number of nitrogens with zero attached hydrogens (tertiary/aromatic N) is 8. The number of aryl methyl sites for hydroxylation is 1. The Labute approximate surface area is 199 Å². The van der Waals surface area contributed by atoms with Crippen LogP contribution in [-0.2, 0) is 0 Å². The number of nitrogens with one attached hydrogen (secondary N) is 2. The molecule has 7 rings (SSSR count). The molecule has 172 valence electrons. The Morgan fingerprint density at radius 1 is 0.971 bits per heavy atom. The zero-order valence-electron chi connectivity index (χ0n) is 18.8. The number of fused-ring (bicyclic) bond motifs is 2. The van der Waals surface area contributed by atoms with Crippen LogP contribution in [0.25, 0.3) is 50.7 Å². The second kappa shape index (κ2) is 7.43. The fourth-order valence-corrected chi connectivity index (χ4v) is 4.43. The maximum atomic E-state index is 5.92. The summed E-state index contributed by atoms with van der Waals surface area (Å²) >= 11 is 0. The van der Waals surface area contributed by atoms with Crippen molar-refractivity contribution in [2.45, 2.75) is 13.0 Å². The molecule has 6 heterocycles. The number of anilines is 1. The molecule has 0 saturated carbocycles. The van der Waals surface area contributed by atoms with Crippen LogP contribution in [0.3, 0.4) is 0 Å². The van der Waals surface area contributed by atoms with Crippen molar-refractivity contribution in [1.29, 1.82) is 0 Å². The van der Waals surface area contributed by atoms with Crippen molar-refractivity contribution >= 4 is 27.9 Å². The molecule has 0 atom stereocenters. The van der Waals surface area contributed by atoms with Gasteiger partial charge in [0.05, 0.1) is 46.8 Å². The molecule has 0 spiro atoms. The first-order chi connectivity index (χ1) is 17.1. The lowest BCUT2D eigenvalue weighted by atomic mass is 10.1.